The van der Waals surface area contributed by atoms with E-state index in [0.29, 0.717) is 54.6 Å². The Kier molecular flexibility index (Phi) is 6.97. The van der Waals surface area contributed by atoms with Crippen molar-refractivity contribution in [2.24, 2.45) is 0 Å². The lowest BCUT2D eigenvalue weighted by Gasteiger charge is -2.37. The van der Waals surface area contributed by atoms with Crippen molar-refractivity contribution in [3.63, 3.8) is 0 Å². The molecular formula is C27H30ClN5O4. The Balaban J connectivity index is 1.26. The van der Waals surface area contributed by atoms with Crippen LogP contribution in [-0.2, 0) is 9.59 Å². The molecule has 1 saturated heterocycles. The van der Waals surface area contributed by atoms with E-state index in [2.05, 4.69) is 10.2 Å². The van der Waals surface area contributed by atoms with Gasteiger partial charge in [0.25, 0.3) is 5.91 Å². The fourth-order valence-corrected chi connectivity index (χ4v) is 5.39. The van der Waals surface area contributed by atoms with E-state index in [1.165, 1.54) is 9.80 Å². The van der Waals surface area contributed by atoms with E-state index in [-0.39, 0.29) is 30.9 Å². The molecule has 1 atom stereocenters. The molecule has 3 aliphatic rings. The molecule has 10 heteroatoms. The van der Waals surface area contributed by atoms with Crippen LogP contribution in [0.3, 0.4) is 0 Å². The van der Waals surface area contributed by atoms with Crippen molar-refractivity contribution in [2.45, 2.75) is 13.0 Å². The average molecular weight is 524 g/mol. The number of anilines is 1. The molecule has 0 aromatic heterocycles. The predicted octanol–water partition coefficient (Wildman–Crippen LogP) is 2.88. The van der Waals surface area contributed by atoms with Gasteiger partial charge in [-0.2, -0.15) is 0 Å². The number of hydrogen-bond donors (Lipinski definition) is 1. The number of likely N-dealkylation sites (N-methyl/N-ethyl adjacent to an activating group) is 1. The summed E-state index contributed by atoms with van der Waals surface area (Å²) < 4.78 is 5.76. The summed E-state index contributed by atoms with van der Waals surface area (Å²) in [6.45, 7) is 5.16. The van der Waals surface area contributed by atoms with E-state index in [1.807, 2.05) is 37.3 Å². The molecule has 5 rings (SSSR count). The number of rotatable bonds is 6. The van der Waals surface area contributed by atoms with Gasteiger partial charge in [0.05, 0.1) is 36.2 Å². The van der Waals surface area contributed by atoms with Crippen LogP contribution in [0.5, 0.6) is 5.75 Å². The zero-order valence-corrected chi connectivity index (χ0v) is 21.7. The largest absolute Gasteiger partial charge is 0.492 e. The number of hydrogen-bond acceptors (Lipinski definition) is 5. The first-order valence-corrected chi connectivity index (χ1v) is 12.8. The summed E-state index contributed by atoms with van der Waals surface area (Å²) in [6, 6.07) is 14.1. The SMILES string of the molecule is CCOc1ccccc1N1CCN(C(=O)CN2CC3=C(C2=O)C(c2ccccc2Cl)NC(=O)N3C)CC1. The van der Waals surface area contributed by atoms with Crippen molar-refractivity contribution in [3.8, 4) is 5.75 Å². The smallest absolute Gasteiger partial charge is 0.322 e. The van der Waals surface area contributed by atoms with Crippen molar-refractivity contribution in [1.29, 1.82) is 0 Å². The quantitative estimate of drug-likeness (QED) is 0.629. The summed E-state index contributed by atoms with van der Waals surface area (Å²) in [5, 5.41) is 3.35. The van der Waals surface area contributed by atoms with Crippen molar-refractivity contribution in [1.82, 2.24) is 20.0 Å². The average Bonchev–Trinajstić information content (AvgIpc) is 3.23. The van der Waals surface area contributed by atoms with Crippen LogP contribution in [0.4, 0.5) is 10.5 Å². The summed E-state index contributed by atoms with van der Waals surface area (Å²) in [4.78, 5) is 46.3. The minimum Gasteiger partial charge on any atom is -0.492 e. The van der Waals surface area contributed by atoms with Gasteiger partial charge in [-0.25, -0.2) is 4.79 Å². The highest BCUT2D eigenvalue weighted by molar-refractivity contribution is 6.31. The molecule has 9 nitrogen and oxygen atoms in total. The van der Waals surface area contributed by atoms with Crippen LogP contribution < -0.4 is 15.0 Å². The fraction of sp³-hybridized carbons (Fsp3) is 0.370. The van der Waals surface area contributed by atoms with Gasteiger partial charge < -0.3 is 24.8 Å². The van der Waals surface area contributed by atoms with E-state index in [1.54, 1.807) is 30.1 Å². The Hall–Kier alpha value is -3.72. The molecule has 194 valence electrons. The molecule has 3 aliphatic heterocycles. The van der Waals surface area contributed by atoms with Gasteiger partial charge >= 0.3 is 6.03 Å². The number of urea groups is 1. The molecular weight excluding hydrogens is 494 g/mol. The molecule has 1 N–H and O–H groups in total. The first kappa shape index (κ1) is 25.0. The molecule has 0 radical (unpaired) electrons. The van der Waals surface area contributed by atoms with Gasteiger partial charge in [-0.1, -0.05) is 41.9 Å². The van der Waals surface area contributed by atoms with Crippen LogP contribution in [-0.4, -0.2) is 85.5 Å². The van der Waals surface area contributed by atoms with Gasteiger partial charge in [0.1, 0.15) is 12.3 Å². The van der Waals surface area contributed by atoms with Crippen molar-refractivity contribution in [2.75, 3.05) is 57.8 Å². The van der Waals surface area contributed by atoms with E-state index in [4.69, 9.17) is 16.3 Å². The van der Waals surface area contributed by atoms with E-state index in [9.17, 15) is 14.4 Å². The molecule has 0 spiro atoms. The number of nitrogens with one attached hydrogen (secondary N) is 1. The highest BCUT2D eigenvalue weighted by atomic mass is 35.5. The molecule has 1 fully saturated rings. The third-order valence-corrected chi connectivity index (χ3v) is 7.46. The first-order chi connectivity index (χ1) is 17.9. The number of carbonyl (C=O) groups excluding carboxylic acids is 3. The van der Waals surface area contributed by atoms with Crippen molar-refractivity contribution in [3.05, 3.63) is 70.4 Å². The zero-order chi connectivity index (χ0) is 26.1. The normalized spacial score (nSPS) is 19.8. The minimum absolute atomic E-state index is 0.0430. The molecule has 4 amide bonds. The van der Waals surface area contributed by atoms with Gasteiger partial charge in [-0.3, -0.25) is 14.5 Å². The summed E-state index contributed by atoms with van der Waals surface area (Å²) in [5.74, 6) is 0.469. The second-order valence-corrected chi connectivity index (χ2v) is 9.66. The summed E-state index contributed by atoms with van der Waals surface area (Å²) in [7, 11) is 1.63. The lowest BCUT2D eigenvalue weighted by Crippen LogP contribution is -2.51. The number of carbonyl (C=O) groups is 3. The standard InChI is InChI=1S/C27H30ClN5O4/c1-3-37-22-11-7-6-10-20(22)31-12-14-32(15-13-31)23(34)17-33-16-21-24(26(33)35)25(29-27(36)30(21)2)18-8-4-5-9-19(18)28/h4-11,25H,3,12-17H2,1-2H3,(H,29,36). The molecule has 3 heterocycles. The van der Waals surface area contributed by atoms with Crippen molar-refractivity contribution < 1.29 is 19.1 Å². The third-order valence-electron chi connectivity index (χ3n) is 7.12. The van der Waals surface area contributed by atoms with Crippen LogP contribution in [0.1, 0.15) is 18.5 Å². The number of para-hydroxylation sites is 2. The molecule has 2 aromatic carbocycles. The zero-order valence-electron chi connectivity index (χ0n) is 20.9. The highest BCUT2D eigenvalue weighted by Crippen LogP contribution is 2.38. The number of benzene rings is 2. The number of piperazine rings is 1. The second kappa shape index (κ2) is 10.3. The number of amides is 4. The molecule has 0 saturated carbocycles. The lowest BCUT2D eigenvalue weighted by atomic mass is 9.96. The van der Waals surface area contributed by atoms with Crippen LogP contribution >= 0.6 is 11.6 Å². The van der Waals surface area contributed by atoms with Gasteiger partial charge in [0.15, 0.2) is 0 Å². The Morgan fingerprint density at radius 3 is 2.49 bits per heavy atom. The minimum atomic E-state index is -0.658. The summed E-state index contributed by atoms with van der Waals surface area (Å²) in [5.41, 5.74) is 2.74. The maximum atomic E-state index is 13.5. The van der Waals surface area contributed by atoms with Gasteiger partial charge in [0.2, 0.25) is 5.91 Å². The fourth-order valence-electron chi connectivity index (χ4n) is 5.15. The lowest BCUT2D eigenvalue weighted by molar-refractivity contribution is -0.137. The Bertz CT molecular complexity index is 1260. The Labute approximate surface area is 221 Å². The Morgan fingerprint density at radius 2 is 1.76 bits per heavy atom. The van der Waals surface area contributed by atoms with Gasteiger partial charge in [-0.05, 0) is 30.7 Å². The second-order valence-electron chi connectivity index (χ2n) is 9.25. The van der Waals surface area contributed by atoms with Crippen LogP contribution in [0.2, 0.25) is 5.02 Å². The summed E-state index contributed by atoms with van der Waals surface area (Å²) in [6.07, 6.45) is 0. The maximum Gasteiger partial charge on any atom is 0.322 e. The highest BCUT2D eigenvalue weighted by Gasteiger charge is 2.44. The monoisotopic (exact) mass is 523 g/mol. The van der Waals surface area contributed by atoms with E-state index in [0.717, 1.165) is 11.4 Å². The number of ether oxygens (including phenoxy) is 1. The van der Waals surface area contributed by atoms with E-state index >= 15 is 0 Å². The van der Waals surface area contributed by atoms with Crippen molar-refractivity contribution >= 4 is 35.1 Å². The molecule has 2 aromatic rings. The third kappa shape index (κ3) is 4.71. The topological polar surface area (TPSA) is 85.4 Å². The first-order valence-electron chi connectivity index (χ1n) is 12.4. The molecule has 0 bridgehead atoms. The molecule has 0 aliphatic carbocycles. The molecule has 37 heavy (non-hydrogen) atoms. The predicted molar refractivity (Wildman–Crippen MR) is 140 cm³/mol. The van der Waals surface area contributed by atoms with E-state index < -0.39 is 6.04 Å². The van der Waals surface area contributed by atoms with Gasteiger partial charge in [0, 0.05) is 38.2 Å². The van der Waals surface area contributed by atoms with Gasteiger partial charge in [-0.15, -0.1) is 0 Å². The number of halogens is 1. The van der Waals surface area contributed by atoms with Crippen LogP contribution in [0.15, 0.2) is 59.8 Å². The van der Waals surface area contributed by atoms with Crippen LogP contribution in [0.25, 0.3) is 0 Å². The Morgan fingerprint density at radius 1 is 1.05 bits per heavy atom. The number of nitrogens with zero attached hydrogens (tertiary/aromatic N) is 4. The van der Waals surface area contributed by atoms with Crippen LogP contribution in [0, 0.1) is 0 Å². The maximum absolute atomic E-state index is 13.5. The summed E-state index contributed by atoms with van der Waals surface area (Å²) >= 11 is 6.40. The molecule has 1 unspecified atom stereocenters.